The fraction of sp³-hybridized carbons (Fsp3) is 0.500. The van der Waals surface area contributed by atoms with Crippen molar-refractivity contribution in [2.45, 2.75) is 25.5 Å². The minimum absolute atomic E-state index is 0.00209. The van der Waals surface area contributed by atoms with Crippen LogP contribution in [0, 0.1) is 17.0 Å². The number of hydrogen-bond acceptors (Lipinski definition) is 6. The normalized spacial score (nSPS) is 20.5. The summed E-state index contributed by atoms with van der Waals surface area (Å²) in [6.45, 7) is 4.07. The van der Waals surface area contributed by atoms with E-state index < -0.39 is 10.5 Å². The molecule has 8 nitrogen and oxygen atoms in total. The van der Waals surface area contributed by atoms with Crippen molar-refractivity contribution in [3.8, 4) is 0 Å². The van der Waals surface area contributed by atoms with E-state index in [1.54, 1.807) is 25.9 Å². The SMILES string of the molecule is Cc1nn(C)c(N(C)CC2(O)CCN(Cc3ccccc3)C2)c1[N+](=O)[O-]. The zero-order valence-corrected chi connectivity index (χ0v) is 15.4. The Balaban J connectivity index is 1.70. The lowest BCUT2D eigenvalue weighted by Crippen LogP contribution is -2.44. The number of aliphatic hydroxyl groups is 1. The molecule has 1 fully saturated rings. The number of likely N-dealkylation sites (tertiary alicyclic amines) is 1. The van der Waals surface area contributed by atoms with Gasteiger partial charge in [-0.25, -0.2) is 4.68 Å². The predicted octanol–water partition coefficient (Wildman–Crippen LogP) is 1.71. The molecule has 1 aliphatic rings. The molecule has 1 saturated heterocycles. The number of likely N-dealkylation sites (N-methyl/N-ethyl adjacent to an activating group) is 1. The first kappa shape index (κ1) is 18.3. The largest absolute Gasteiger partial charge is 0.387 e. The van der Waals surface area contributed by atoms with Crippen molar-refractivity contribution in [3.63, 3.8) is 0 Å². The average Bonchev–Trinajstić information content (AvgIpc) is 3.07. The minimum Gasteiger partial charge on any atom is -0.387 e. The summed E-state index contributed by atoms with van der Waals surface area (Å²) in [4.78, 5) is 14.9. The molecule has 1 atom stereocenters. The van der Waals surface area contributed by atoms with Gasteiger partial charge >= 0.3 is 5.69 Å². The van der Waals surface area contributed by atoms with Gasteiger partial charge in [0.2, 0.25) is 5.82 Å². The summed E-state index contributed by atoms with van der Waals surface area (Å²) in [5.41, 5.74) is 0.680. The Morgan fingerprint density at radius 2 is 2.08 bits per heavy atom. The van der Waals surface area contributed by atoms with Crippen molar-refractivity contribution in [2.75, 3.05) is 31.6 Å². The summed E-state index contributed by atoms with van der Waals surface area (Å²) in [5, 5.41) is 26.6. The van der Waals surface area contributed by atoms with Gasteiger partial charge in [-0.15, -0.1) is 0 Å². The molecule has 1 N–H and O–H groups in total. The van der Waals surface area contributed by atoms with E-state index in [1.807, 2.05) is 18.2 Å². The average molecular weight is 359 g/mol. The van der Waals surface area contributed by atoms with E-state index in [1.165, 1.54) is 10.2 Å². The smallest absolute Gasteiger partial charge is 0.333 e. The molecule has 0 saturated carbocycles. The molecule has 3 rings (SSSR count). The predicted molar refractivity (Wildman–Crippen MR) is 99.2 cm³/mol. The van der Waals surface area contributed by atoms with Crippen LogP contribution in [0.3, 0.4) is 0 Å². The fourth-order valence-electron chi connectivity index (χ4n) is 3.84. The molecule has 2 aromatic rings. The highest BCUT2D eigenvalue weighted by Gasteiger charge is 2.39. The summed E-state index contributed by atoms with van der Waals surface area (Å²) >= 11 is 0. The molecule has 2 heterocycles. The zero-order valence-electron chi connectivity index (χ0n) is 15.4. The highest BCUT2D eigenvalue weighted by Crippen LogP contribution is 2.32. The van der Waals surface area contributed by atoms with Crippen molar-refractivity contribution in [1.82, 2.24) is 14.7 Å². The van der Waals surface area contributed by atoms with Crippen molar-refractivity contribution in [2.24, 2.45) is 7.05 Å². The zero-order chi connectivity index (χ0) is 18.9. The molecule has 0 spiro atoms. The summed E-state index contributed by atoms with van der Waals surface area (Å²) in [6.07, 6.45) is 0.634. The van der Waals surface area contributed by atoms with Crippen LogP contribution in [0.25, 0.3) is 0 Å². The second-order valence-corrected chi connectivity index (χ2v) is 7.16. The lowest BCUT2D eigenvalue weighted by atomic mass is 10.0. The maximum Gasteiger partial charge on any atom is 0.333 e. The van der Waals surface area contributed by atoms with Gasteiger partial charge in [0, 0.05) is 40.3 Å². The molecule has 26 heavy (non-hydrogen) atoms. The van der Waals surface area contributed by atoms with Crippen LogP contribution in [-0.2, 0) is 13.6 Å². The van der Waals surface area contributed by atoms with Gasteiger partial charge in [0.05, 0.1) is 10.5 Å². The van der Waals surface area contributed by atoms with E-state index in [0.717, 1.165) is 13.1 Å². The van der Waals surface area contributed by atoms with E-state index in [9.17, 15) is 15.2 Å². The molecular formula is C18H25N5O3. The van der Waals surface area contributed by atoms with E-state index in [0.29, 0.717) is 31.0 Å². The molecule has 0 aliphatic carbocycles. The van der Waals surface area contributed by atoms with Gasteiger partial charge in [-0.2, -0.15) is 5.10 Å². The standard InChI is InChI=1S/C18H25N5O3/c1-14-16(23(25)26)17(21(3)19-14)20(2)12-18(24)9-10-22(13-18)11-15-7-5-4-6-8-15/h4-8,24H,9-13H2,1-3H3. The molecule has 1 aromatic carbocycles. The first-order valence-electron chi connectivity index (χ1n) is 8.67. The minimum atomic E-state index is -0.907. The second kappa shape index (κ2) is 7.05. The van der Waals surface area contributed by atoms with Gasteiger partial charge in [-0.3, -0.25) is 15.0 Å². The summed E-state index contributed by atoms with van der Waals surface area (Å²) in [6, 6.07) is 10.2. The van der Waals surface area contributed by atoms with E-state index in [2.05, 4.69) is 22.1 Å². The number of benzene rings is 1. The van der Waals surface area contributed by atoms with Crippen molar-refractivity contribution >= 4 is 11.5 Å². The van der Waals surface area contributed by atoms with Gasteiger partial charge in [0.25, 0.3) is 0 Å². The monoisotopic (exact) mass is 359 g/mol. The van der Waals surface area contributed by atoms with Crippen molar-refractivity contribution in [3.05, 3.63) is 51.7 Å². The van der Waals surface area contributed by atoms with Crippen molar-refractivity contribution < 1.29 is 10.0 Å². The van der Waals surface area contributed by atoms with Crippen LogP contribution < -0.4 is 4.90 Å². The first-order chi connectivity index (χ1) is 12.3. The highest BCUT2D eigenvalue weighted by molar-refractivity contribution is 5.61. The van der Waals surface area contributed by atoms with Crippen LogP contribution in [0.2, 0.25) is 0 Å². The summed E-state index contributed by atoms with van der Waals surface area (Å²) in [5.74, 6) is 0.419. The van der Waals surface area contributed by atoms with Crippen LogP contribution >= 0.6 is 0 Å². The first-order valence-corrected chi connectivity index (χ1v) is 8.67. The number of aryl methyl sites for hydroxylation is 2. The van der Waals surface area contributed by atoms with Gasteiger partial charge in [0.15, 0.2) is 0 Å². The number of nitro groups is 1. The van der Waals surface area contributed by atoms with E-state index >= 15 is 0 Å². The number of nitrogens with zero attached hydrogens (tertiary/aromatic N) is 5. The molecule has 1 unspecified atom stereocenters. The van der Waals surface area contributed by atoms with Gasteiger partial charge in [-0.05, 0) is 18.9 Å². The fourth-order valence-corrected chi connectivity index (χ4v) is 3.84. The van der Waals surface area contributed by atoms with Crippen LogP contribution in [-0.4, -0.2) is 57.0 Å². The molecule has 1 aromatic heterocycles. The lowest BCUT2D eigenvalue weighted by Gasteiger charge is -2.29. The maximum absolute atomic E-state index is 11.4. The quantitative estimate of drug-likeness (QED) is 0.624. The molecule has 0 radical (unpaired) electrons. The number of β-amino-alcohol motifs (C(OH)–C–C–N with tert-alkyl or cyclic N) is 1. The van der Waals surface area contributed by atoms with Crippen LogP contribution in [0.1, 0.15) is 17.7 Å². The third kappa shape index (κ3) is 3.71. The number of anilines is 1. The number of hydrogen-bond donors (Lipinski definition) is 1. The van der Waals surface area contributed by atoms with E-state index in [-0.39, 0.29) is 5.69 Å². The van der Waals surface area contributed by atoms with Crippen molar-refractivity contribution in [1.29, 1.82) is 0 Å². The Bertz CT molecular complexity index is 792. The Kier molecular flexibility index (Phi) is 4.97. The lowest BCUT2D eigenvalue weighted by molar-refractivity contribution is -0.384. The van der Waals surface area contributed by atoms with Gasteiger partial charge in [0.1, 0.15) is 5.69 Å². The topological polar surface area (TPSA) is 87.7 Å². The van der Waals surface area contributed by atoms with E-state index in [4.69, 9.17) is 0 Å². The Labute approximate surface area is 152 Å². The van der Waals surface area contributed by atoms with Crippen LogP contribution in [0.15, 0.2) is 30.3 Å². The van der Waals surface area contributed by atoms with Gasteiger partial charge in [-0.1, -0.05) is 30.3 Å². The molecule has 8 heteroatoms. The third-order valence-corrected chi connectivity index (χ3v) is 4.90. The third-order valence-electron chi connectivity index (χ3n) is 4.90. The van der Waals surface area contributed by atoms with Crippen LogP contribution in [0.5, 0.6) is 0 Å². The number of rotatable bonds is 6. The Morgan fingerprint density at radius 3 is 2.73 bits per heavy atom. The summed E-state index contributed by atoms with van der Waals surface area (Å²) in [7, 11) is 3.45. The Hall–Kier alpha value is -2.45. The molecule has 1 aliphatic heterocycles. The highest BCUT2D eigenvalue weighted by atomic mass is 16.6. The molecule has 0 amide bonds. The molecule has 140 valence electrons. The summed E-state index contributed by atoms with van der Waals surface area (Å²) < 4.78 is 1.51. The maximum atomic E-state index is 11.4. The second-order valence-electron chi connectivity index (χ2n) is 7.16. The van der Waals surface area contributed by atoms with Gasteiger partial charge < -0.3 is 10.0 Å². The molecular weight excluding hydrogens is 334 g/mol. The molecule has 0 bridgehead atoms. The number of aromatic nitrogens is 2. The Morgan fingerprint density at radius 1 is 1.38 bits per heavy atom. The van der Waals surface area contributed by atoms with Crippen LogP contribution in [0.4, 0.5) is 11.5 Å².